The van der Waals surface area contributed by atoms with E-state index < -0.39 is 36.6 Å². The van der Waals surface area contributed by atoms with Gasteiger partial charge in [-0.3, -0.25) is 0 Å². The van der Waals surface area contributed by atoms with E-state index in [0.29, 0.717) is 0 Å². The van der Waals surface area contributed by atoms with Gasteiger partial charge >= 0.3 is 13.5 Å². The van der Waals surface area contributed by atoms with Crippen molar-refractivity contribution in [2.24, 2.45) is 0 Å². The summed E-state index contributed by atoms with van der Waals surface area (Å²) in [6.45, 7) is 0. The third kappa shape index (κ3) is 5.04. The minimum Gasteiger partial charge on any atom is -0.423 e. The molecule has 0 saturated heterocycles. The first-order chi connectivity index (χ1) is 13.6. The molecule has 0 atom stereocenters. The predicted molar refractivity (Wildman–Crippen MR) is 98.0 cm³/mol. The van der Waals surface area contributed by atoms with Gasteiger partial charge in [0.05, 0.1) is 0 Å². The molecule has 0 aliphatic carbocycles. The third-order valence-electron chi connectivity index (χ3n) is 3.94. The fourth-order valence-corrected chi connectivity index (χ4v) is 2.70. The van der Waals surface area contributed by atoms with Crippen LogP contribution in [0.3, 0.4) is 0 Å². The summed E-state index contributed by atoms with van der Waals surface area (Å²) in [7, 11) is -1.86. The Hall–Kier alpha value is -3.11. The fraction of sp³-hybridized carbons (Fsp3) is 0.0526. The van der Waals surface area contributed by atoms with Crippen LogP contribution in [-0.4, -0.2) is 23.5 Å². The minimum absolute atomic E-state index is 0.00588. The maximum Gasteiger partial charge on any atom is 0.573 e. The molecular formula is C19H13BF5NO3. The Morgan fingerprint density at radius 1 is 0.828 bits per heavy atom. The topological polar surface area (TPSA) is 61.7 Å². The van der Waals surface area contributed by atoms with Gasteiger partial charge in [0.25, 0.3) is 0 Å². The van der Waals surface area contributed by atoms with Crippen molar-refractivity contribution in [1.82, 2.24) is 0 Å². The van der Waals surface area contributed by atoms with Gasteiger partial charge in [-0.2, -0.15) is 0 Å². The van der Waals surface area contributed by atoms with Gasteiger partial charge < -0.3 is 20.1 Å². The highest BCUT2D eigenvalue weighted by molar-refractivity contribution is 6.60. The molecule has 150 valence electrons. The largest absolute Gasteiger partial charge is 0.573 e. The Morgan fingerprint density at radius 3 is 2.10 bits per heavy atom. The van der Waals surface area contributed by atoms with E-state index in [0.717, 1.165) is 24.3 Å². The van der Waals surface area contributed by atoms with Crippen molar-refractivity contribution in [3.63, 3.8) is 0 Å². The smallest absolute Gasteiger partial charge is 0.423 e. The molecule has 0 aliphatic rings. The van der Waals surface area contributed by atoms with Crippen molar-refractivity contribution < 1.29 is 36.7 Å². The van der Waals surface area contributed by atoms with Crippen LogP contribution in [0.5, 0.6) is 5.75 Å². The van der Waals surface area contributed by atoms with Gasteiger partial charge in [0.15, 0.2) is 0 Å². The average Bonchev–Trinajstić information content (AvgIpc) is 2.63. The number of ether oxygens (including phenoxy) is 1. The van der Waals surface area contributed by atoms with Gasteiger partial charge in [-0.05, 0) is 41.5 Å². The lowest BCUT2D eigenvalue weighted by Crippen LogP contribution is -2.31. The number of hydrogen-bond acceptors (Lipinski definition) is 4. The first kappa shape index (κ1) is 20.6. The molecule has 10 heteroatoms. The molecule has 0 aromatic heterocycles. The summed E-state index contributed by atoms with van der Waals surface area (Å²) in [5.74, 6) is -2.57. The molecule has 3 rings (SSSR count). The number of halogens is 5. The van der Waals surface area contributed by atoms with Crippen molar-refractivity contribution in [2.45, 2.75) is 6.36 Å². The SMILES string of the molecule is OB(O)c1ccccc1Nc1c(F)cc(-c2cccc(OC(F)(F)F)c2)cc1F. The van der Waals surface area contributed by atoms with Gasteiger partial charge in [0, 0.05) is 11.2 Å². The molecule has 3 N–H and O–H groups in total. The number of benzene rings is 3. The molecule has 0 heterocycles. The highest BCUT2D eigenvalue weighted by atomic mass is 19.4. The van der Waals surface area contributed by atoms with Crippen LogP contribution >= 0.6 is 0 Å². The van der Waals surface area contributed by atoms with Crippen LogP contribution in [0.1, 0.15) is 0 Å². The molecular weight excluding hydrogens is 396 g/mol. The number of rotatable bonds is 5. The molecule has 0 amide bonds. The Balaban J connectivity index is 1.94. The van der Waals surface area contributed by atoms with Crippen molar-refractivity contribution >= 4 is 24.0 Å². The van der Waals surface area contributed by atoms with Crippen LogP contribution in [-0.2, 0) is 0 Å². The second-order valence-electron chi connectivity index (χ2n) is 5.98. The molecule has 0 aliphatic heterocycles. The molecule has 0 unspecified atom stereocenters. The second kappa shape index (κ2) is 8.10. The zero-order chi connectivity index (χ0) is 21.2. The lowest BCUT2D eigenvalue weighted by molar-refractivity contribution is -0.274. The van der Waals surface area contributed by atoms with E-state index in [4.69, 9.17) is 0 Å². The predicted octanol–water partition coefficient (Wildman–Crippen LogP) is 3.95. The lowest BCUT2D eigenvalue weighted by atomic mass is 9.79. The van der Waals surface area contributed by atoms with E-state index in [1.165, 1.54) is 36.4 Å². The molecule has 0 fully saturated rings. The van der Waals surface area contributed by atoms with E-state index in [9.17, 15) is 32.0 Å². The van der Waals surface area contributed by atoms with Gasteiger partial charge in [-0.25, -0.2) is 8.78 Å². The minimum atomic E-state index is -4.90. The van der Waals surface area contributed by atoms with E-state index in [1.807, 2.05) is 0 Å². The number of alkyl halides is 3. The quantitative estimate of drug-likeness (QED) is 0.441. The van der Waals surface area contributed by atoms with Crippen LogP contribution in [0.15, 0.2) is 60.7 Å². The molecule has 0 saturated carbocycles. The Morgan fingerprint density at radius 2 is 1.48 bits per heavy atom. The normalized spacial score (nSPS) is 11.3. The van der Waals surface area contributed by atoms with Crippen molar-refractivity contribution in [2.75, 3.05) is 5.32 Å². The highest BCUT2D eigenvalue weighted by Crippen LogP contribution is 2.32. The van der Waals surface area contributed by atoms with Gasteiger partial charge in [0.1, 0.15) is 23.1 Å². The highest BCUT2D eigenvalue weighted by Gasteiger charge is 2.31. The van der Waals surface area contributed by atoms with Crippen molar-refractivity contribution in [1.29, 1.82) is 0 Å². The summed E-state index contributed by atoms with van der Waals surface area (Å²) in [6.07, 6.45) is -4.90. The number of hydrogen-bond donors (Lipinski definition) is 3. The summed E-state index contributed by atoms with van der Waals surface area (Å²) in [5.41, 5.74) is -0.360. The average molecular weight is 409 g/mol. The number of para-hydroxylation sites is 1. The Bertz CT molecular complexity index is 1000. The Labute approximate surface area is 162 Å². The van der Waals surface area contributed by atoms with E-state index in [-0.39, 0.29) is 22.3 Å². The summed E-state index contributed by atoms with van der Waals surface area (Å²) in [4.78, 5) is 0. The standard InChI is InChI=1S/C19H13BF5NO3/c21-15-9-12(11-4-3-5-13(8-11)29-19(23,24)25)10-16(22)18(15)26-17-7-2-1-6-14(17)20(27)28/h1-10,26-28H. The summed E-state index contributed by atoms with van der Waals surface area (Å²) in [5, 5.41) is 21.2. The zero-order valence-electron chi connectivity index (χ0n) is 14.5. The van der Waals surface area contributed by atoms with Crippen LogP contribution in [0.25, 0.3) is 11.1 Å². The van der Waals surface area contributed by atoms with Crippen LogP contribution in [0, 0.1) is 11.6 Å². The molecule has 3 aromatic carbocycles. The van der Waals surface area contributed by atoms with E-state index >= 15 is 0 Å². The lowest BCUT2D eigenvalue weighted by Gasteiger charge is -2.14. The van der Waals surface area contributed by atoms with E-state index in [1.54, 1.807) is 0 Å². The maximum atomic E-state index is 14.5. The van der Waals surface area contributed by atoms with Gasteiger partial charge in [-0.15, -0.1) is 13.2 Å². The maximum absolute atomic E-state index is 14.5. The number of nitrogens with one attached hydrogen (secondary N) is 1. The van der Waals surface area contributed by atoms with Crippen LogP contribution in [0.4, 0.5) is 33.3 Å². The first-order valence-electron chi connectivity index (χ1n) is 8.21. The first-order valence-corrected chi connectivity index (χ1v) is 8.21. The van der Waals surface area contributed by atoms with Crippen molar-refractivity contribution in [3.8, 4) is 16.9 Å². The molecule has 4 nitrogen and oxygen atoms in total. The van der Waals surface area contributed by atoms with Crippen LogP contribution < -0.4 is 15.5 Å². The number of anilines is 2. The zero-order valence-corrected chi connectivity index (χ0v) is 14.5. The van der Waals surface area contributed by atoms with E-state index in [2.05, 4.69) is 10.1 Å². The molecule has 0 spiro atoms. The third-order valence-corrected chi connectivity index (χ3v) is 3.94. The Kier molecular flexibility index (Phi) is 5.76. The molecule has 3 aromatic rings. The summed E-state index contributed by atoms with van der Waals surface area (Å²) < 4.78 is 70.0. The van der Waals surface area contributed by atoms with Gasteiger partial charge in [-0.1, -0.05) is 30.3 Å². The fourth-order valence-electron chi connectivity index (χ4n) is 2.70. The summed E-state index contributed by atoms with van der Waals surface area (Å²) >= 11 is 0. The van der Waals surface area contributed by atoms with Crippen molar-refractivity contribution in [3.05, 3.63) is 72.3 Å². The molecule has 0 bridgehead atoms. The second-order valence-corrected chi connectivity index (χ2v) is 5.98. The molecule has 0 radical (unpaired) electrons. The monoisotopic (exact) mass is 409 g/mol. The molecule has 29 heavy (non-hydrogen) atoms. The summed E-state index contributed by atoms with van der Waals surface area (Å²) in [6, 6.07) is 12.4. The van der Waals surface area contributed by atoms with Crippen LogP contribution in [0.2, 0.25) is 0 Å². The van der Waals surface area contributed by atoms with Gasteiger partial charge in [0.2, 0.25) is 0 Å².